The average Bonchev–Trinajstić information content (AvgIpc) is 2.78. The lowest BCUT2D eigenvalue weighted by Gasteiger charge is -2.04. The maximum atomic E-state index is 6.10. The van der Waals surface area contributed by atoms with Gasteiger partial charge in [-0.15, -0.1) is 0 Å². The zero-order chi connectivity index (χ0) is 11.3. The summed E-state index contributed by atoms with van der Waals surface area (Å²) in [4.78, 5) is 4.38. The van der Waals surface area contributed by atoms with E-state index in [-0.39, 0.29) is 11.5 Å². The highest BCUT2D eigenvalue weighted by atomic mass is 14.8. The van der Waals surface area contributed by atoms with Crippen LogP contribution in [0.25, 0.3) is 10.9 Å². The molecule has 2 aromatic rings. The Bertz CT molecular complexity index is 545. The predicted octanol–water partition coefficient (Wildman–Crippen LogP) is 2.69. The Morgan fingerprint density at radius 2 is 2.00 bits per heavy atom. The maximum absolute atomic E-state index is 6.10. The molecular formula is C14H16N2. The second-order valence-electron chi connectivity index (χ2n) is 5.28. The molecule has 0 saturated heterocycles. The summed E-state index contributed by atoms with van der Waals surface area (Å²) in [5.41, 5.74) is 8.73. The highest BCUT2D eigenvalue weighted by Gasteiger charge is 2.56. The van der Waals surface area contributed by atoms with Crippen LogP contribution in [0, 0.1) is 5.41 Å². The molecule has 2 atom stereocenters. The van der Waals surface area contributed by atoms with E-state index >= 15 is 0 Å². The molecule has 1 aliphatic carbocycles. The van der Waals surface area contributed by atoms with E-state index in [4.69, 9.17) is 5.73 Å². The van der Waals surface area contributed by atoms with E-state index in [9.17, 15) is 0 Å². The van der Waals surface area contributed by atoms with Gasteiger partial charge in [0.15, 0.2) is 0 Å². The molecule has 0 spiro atoms. The van der Waals surface area contributed by atoms with Crippen molar-refractivity contribution in [2.45, 2.75) is 25.8 Å². The van der Waals surface area contributed by atoms with Crippen LogP contribution in [0.4, 0.5) is 0 Å². The third-order valence-corrected chi connectivity index (χ3v) is 3.90. The van der Waals surface area contributed by atoms with Gasteiger partial charge < -0.3 is 5.73 Å². The van der Waals surface area contributed by atoms with E-state index in [1.165, 1.54) is 10.9 Å². The third kappa shape index (κ3) is 1.26. The second-order valence-corrected chi connectivity index (χ2v) is 5.28. The summed E-state index contributed by atoms with van der Waals surface area (Å²) < 4.78 is 0. The Kier molecular flexibility index (Phi) is 1.86. The van der Waals surface area contributed by atoms with Crippen LogP contribution in [0.3, 0.4) is 0 Å². The lowest BCUT2D eigenvalue weighted by molar-refractivity contribution is 0.599. The van der Waals surface area contributed by atoms with Crippen molar-refractivity contribution in [1.29, 1.82) is 0 Å². The van der Waals surface area contributed by atoms with Crippen LogP contribution in [0.15, 0.2) is 36.5 Å². The number of pyridine rings is 1. The summed E-state index contributed by atoms with van der Waals surface area (Å²) in [5.74, 6) is 0.485. The monoisotopic (exact) mass is 212 g/mol. The summed E-state index contributed by atoms with van der Waals surface area (Å²) in [6.45, 7) is 4.45. The molecule has 1 aliphatic rings. The van der Waals surface area contributed by atoms with Gasteiger partial charge in [-0.05, 0) is 23.1 Å². The van der Waals surface area contributed by atoms with Gasteiger partial charge in [-0.1, -0.05) is 32.0 Å². The summed E-state index contributed by atoms with van der Waals surface area (Å²) in [6, 6.07) is 10.8. The molecule has 2 N–H and O–H groups in total. The van der Waals surface area contributed by atoms with E-state index in [2.05, 4.69) is 43.1 Å². The number of fused-ring (bicyclic) bond motifs is 1. The number of hydrogen-bond acceptors (Lipinski definition) is 2. The van der Waals surface area contributed by atoms with Gasteiger partial charge in [-0.25, -0.2) is 0 Å². The van der Waals surface area contributed by atoms with Gasteiger partial charge >= 0.3 is 0 Å². The van der Waals surface area contributed by atoms with E-state index < -0.39 is 0 Å². The first-order valence-electron chi connectivity index (χ1n) is 5.71. The molecule has 0 amide bonds. The minimum atomic E-state index is 0.239. The Hall–Kier alpha value is -1.41. The van der Waals surface area contributed by atoms with E-state index in [1.54, 1.807) is 0 Å². The van der Waals surface area contributed by atoms with Crippen LogP contribution in [0.1, 0.15) is 25.3 Å². The van der Waals surface area contributed by atoms with Crippen molar-refractivity contribution in [2.24, 2.45) is 11.1 Å². The molecule has 2 nitrogen and oxygen atoms in total. The first kappa shape index (κ1) is 9.79. The highest BCUT2D eigenvalue weighted by Crippen LogP contribution is 2.57. The molecule has 82 valence electrons. The minimum Gasteiger partial charge on any atom is -0.327 e. The fourth-order valence-electron chi connectivity index (χ4n) is 2.59. The summed E-state index contributed by atoms with van der Waals surface area (Å²) >= 11 is 0. The Balaban J connectivity index is 2.07. The SMILES string of the molecule is CC1(C)[C@H](N)[C@H]1c1ccc2cccnc2c1. The van der Waals surface area contributed by atoms with Gasteiger partial charge in [0.2, 0.25) is 0 Å². The van der Waals surface area contributed by atoms with Crippen molar-refractivity contribution in [3.8, 4) is 0 Å². The van der Waals surface area contributed by atoms with Gasteiger partial charge in [0, 0.05) is 23.5 Å². The molecule has 3 rings (SSSR count). The number of rotatable bonds is 1. The number of aromatic nitrogens is 1. The Morgan fingerprint density at radius 1 is 1.25 bits per heavy atom. The maximum Gasteiger partial charge on any atom is 0.0704 e. The van der Waals surface area contributed by atoms with Gasteiger partial charge in [0.25, 0.3) is 0 Å². The van der Waals surface area contributed by atoms with Crippen LogP contribution in [-0.4, -0.2) is 11.0 Å². The molecule has 1 saturated carbocycles. The Labute approximate surface area is 95.5 Å². The van der Waals surface area contributed by atoms with E-state index in [0.717, 1.165) is 5.52 Å². The van der Waals surface area contributed by atoms with Crippen LogP contribution < -0.4 is 5.73 Å². The van der Waals surface area contributed by atoms with Crippen molar-refractivity contribution < 1.29 is 0 Å². The molecule has 0 aliphatic heterocycles. The van der Waals surface area contributed by atoms with Crippen molar-refractivity contribution in [3.63, 3.8) is 0 Å². The first-order chi connectivity index (χ1) is 7.60. The average molecular weight is 212 g/mol. The van der Waals surface area contributed by atoms with Crippen molar-refractivity contribution in [2.75, 3.05) is 0 Å². The zero-order valence-electron chi connectivity index (χ0n) is 9.64. The molecule has 1 aromatic carbocycles. The number of hydrogen-bond donors (Lipinski definition) is 1. The topological polar surface area (TPSA) is 38.9 Å². The molecule has 1 heterocycles. The number of benzene rings is 1. The predicted molar refractivity (Wildman–Crippen MR) is 66.2 cm³/mol. The normalized spacial score (nSPS) is 26.9. The Morgan fingerprint density at radius 3 is 2.69 bits per heavy atom. The lowest BCUT2D eigenvalue weighted by Crippen LogP contribution is -2.06. The quantitative estimate of drug-likeness (QED) is 0.789. The summed E-state index contributed by atoms with van der Waals surface area (Å²) in [7, 11) is 0. The third-order valence-electron chi connectivity index (χ3n) is 3.90. The van der Waals surface area contributed by atoms with E-state index in [0.29, 0.717) is 5.92 Å². The summed E-state index contributed by atoms with van der Waals surface area (Å²) in [5, 5.41) is 1.19. The van der Waals surface area contributed by atoms with Gasteiger partial charge in [0.05, 0.1) is 5.52 Å². The molecule has 0 unspecified atom stereocenters. The van der Waals surface area contributed by atoms with Gasteiger partial charge in [-0.3, -0.25) is 4.98 Å². The molecule has 16 heavy (non-hydrogen) atoms. The standard InChI is InChI=1S/C14H16N2/c1-14(2)12(13(14)15)10-6-5-9-4-3-7-16-11(9)8-10/h3-8,12-13H,15H2,1-2H3/t12-,13-/m1/s1. The molecule has 1 aromatic heterocycles. The molecule has 0 radical (unpaired) electrons. The molecule has 0 bridgehead atoms. The van der Waals surface area contributed by atoms with Gasteiger partial charge in [0.1, 0.15) is 0 Å². The number of nitrogens with zero attached hydrogens (tertiary/aromatic N) is 1. The molecular weight excluding hydrogens is 196 g/mol. The van der Waals surface area contributed by atoms with Crippen molar-refractivity contribution >= 4 is 10.9 Å². The van der Waals surface area contributed by atoms with Crippen molar-refractivity contribution in [1.82, 2.24) is 4.98 Å². The minimum absolute atomic E-state index is 0.239. The van der Waals surface area contributed by atoms with Crippen LogP contribution in [0.5, 0.6) is 0 Å². The second kappa shape index (κ2) is 3.05. The highest BCUT2D eigenvalue weighted by molar-refractivity contribution is 5.79. The fourth-order valence-corrected chi connectivity index (χ4v) is 2.59. The molecule has 2 heteroatoms. The van der Waals surface area contributed by atoms with Crippen LogP contribution in [-0.2, 0) is 0 Å². The van der Waals surface area contributed by atoms with Crippen LogP contribution in [0.2, 0.25) is 0 Å². The first-order valence-corrected chi connectivity index (χ1v) is 5.71. The number of nitrogens with two attached hydrogens (primary N) is 1. The fraction of sp³-hybridized carbons (Fsp3) is 0.357. The largest absolute Gasteiger partial charge is 0.327 e. The lowest BCUT2D eigenvalue weighted by atomic mass is 10.0. The van der Waals surface area contributed by atoms with Gasteiger partial charge in [-0.2, -0.15) is 0 Å². The molecule has 1 fully saturated rings. The van der Waals surface area contributed by atoms with Crippen molar-refractivity contribution in [3.05, 3.63) is 42.1 Å². The van der Waals surface area contributed by atoms with Crippen LogP contribution >= 0.6 is 0 Å². The zero-order valence-corrected chi connectivity index (χ0v) is 9.64. The van der Waals surface area contributed by atoms with E-state index in [1.807, 2.05) is 12.3 Å². The summed E-state index contributed by atoms with van der Waals surface area (Å²) in [6.07, 6.45) is 1.84. The smallest absolute Gasteiger partial charge is 0.0704 e.